The number of hydrogen-bond acceptors (Lipinski definition) is 4. The van der Waals surface area contributed by atoms with Gasteiger partial charge in [-0.2, -0.15) is 11.8 Å². The van der Waals surface area contributed by atoms with Crippen LogP contribution in [0.1, 0.15) is 43.7 Å². The van der Waals surface area contributed by atoms with Gasteiger partial charge >= 0.3 is 0 Å². The molecule has 1 fully saturated rings. The molecule has 4 heteroatoms. The van der Waals surface area contributed by atoms with E-state index in [-0.39, 0.29) is 0 Å². The van der Waals surface area contributed by atoms with Gasteiger partial charge in [0, 0.05) is 40.7 Å². The van der Waals surface area contributed by atoms with E-state index in [9.17, 15) is 0 Å². The molecule has 1 saturated carbocycles. The van der Waals surface area contributed by atoms with Gasteiger partial charge in [-0.05, 0) is 26.0 Å². The van der Waals surface area contributed by atoms with Crippen molar-refractivity contribution in [2.75, 3.05) is 18.5 Å². The van der Waals surface area contributed by atoms with Crippen LogP contribution in [0.5, 0.6) is 0 Å². The fourth-order valence-corrected chi connectivity index (χ4v) is 3.98. The Labute approximate surface area is 114 Å². The Morgan fingerprint density at radius 2 is 2.22 bits per heavy atom. The van der Waals surface area contributed by atoms with Crippen LogP contribution in [0, 0.1) is 0 Å². The van der Waals surface area contributed by atoms with Crippen LogP contribution in [0.2, 0.25) is 0 Å². The quantitative estimate of drug-likeness (QED) is 0.859. The summed E-state index contributed by atoms with van der Waals surface area (Å²) in [6.07, 6.45) is 10.6. The van der Waals surface area contributed by atoms with E-state index in [2.05, 4.69) is 22.1 Å². The van der Waals surface area contributed by atoms with Gasteiger partial charge in [0.2, 0.25) is 0 Å². The van der Waals surface area contributed by atoms with E-state index in [1.165, 1.54) is 32.1 Å². The summed E-state index contributed by atoms with van der Waals surface area (Å²) in [6, 6.07) is 2.19. The van der Waals surface area contributed by atoms with Crippen molar-refractivity contribution in [2.24, 2.45) is 0 Å². The molecule has 3 N–H and O–H groups in total. The molecule has 1 aliphatic rings. The van der Waals surface area contributed by atoms with E-state index >= 15 is 0 Å². The maximum absolute atomic E-state index is 6.02. The SMILES string of the molecule is CNC(CSC1CCCCC1)c1cnccc1N. The van der Waals surface area contributed by atoms with E-state index in [1.807, 2.05) is 19.3 Å². The number of thioether (sulfide) groups is 1. The smallest absolute Gasteiger partial charge is 0.0445 e. The summed E-state index contributed by atoms with van der Waals surface area (Å²) in [5, 5.41) is 4.20. The Bertz CT molecular complexity index is 364. The molecule has 0 aliphatic heterocycles. The zero-order valence-corrected chi connectivity index (χ0v) is 11.9. The topological polar surface area (TPSA) is 50.9 Å². The molecule has 0 radical (unpaired) electrons. The number of rotatable bonds is 5. The number of nitrogens with zero attached hydrogens (tertiary/aromatic N) is 1. The van der Waals surface area contributed by atoms with Gasteiger partial charge in [-0.3, -0.25) is 4.98 Å². The third kappa shape index (κ3) is 3.62. The van der Waals surface area contributed by atoms with Crippen molar-refractivity contribution in [2.45, 2.75) is 43.4 Å². The Morgan fingerprint density at radius 1 is 1.44 bits per heavy atom. The highest BCUT2D eigenvalue weighted by Gasteiger charge is 2.18. The van der Waals surface area contributed by atoms with Crippen LogP contribution in [-0.4, -0.2) is 23.0 Å². The van der Waals surface area contributed by atoms with Gasteiger partial charge < -0.3 is 11.1 Å². The zero-order chi connectivity index (χ0) is 12.8. The standard InChI is InChI=1S/C14H23N3S/c1-16-14(12-9-17-8-7-13(12)15)10-18-11-5-3-2-4-6-11/h7-9,11,14,16H,2-6,10H2,1H3,(H2,15,17). The number of nitrogens with one attached hydrogen (secondary N) is 1. The fraction of sp³-hybridized carbons (Fsp3) is 0.643. The summed E-state index contributed by atoms with van der Waals surface area (Å²) in [5.41, 5.74) is 7.99. The maximum atomic E-state index is 6.02. The molecule has 0 bridgehead atoms. The lowest BCUT2D eigenvalue weighted by molar-refractivity contribution is 0.515. The minimum absolute atomic E-state index is 0.311. The second kappa shape index (κ2) is 7.00. The predicted octanol–water partition coefficient (Wildman–Crippen LogP) is 2.99. The maximum Gasteiger partial charge on any atom is 0.0445 e. The zero-order valence-electron chi connectivity index (χ0n) is 11.1. The molecule has 3 nitrogen and oxygen atoms in total. The number of hydrogen-bond donors (Lipinski definition) is 2. The first-order valence-electron chi connectivity index (χ1n) is 6.79. The van der Waals surface area contributed by atoms with Gasteiger partial charge in [0.25, 0.3) is 0 Å². The van der Waals surface area contributed by atoms with Crippen molar-refractivity contribution in [1.29, 1.82) is 0 Å². The summed E-state index contributed by atoms with van der Waals surface area (Å²) in [4.78, 5) is 4.18. The van der Waals surface area contributed by atoms with Crippen molar-refractivity contribution in [1.82, 2.24) is 10.3 Å². The Balaban J connectivity index is 1.91. The Morgan fingerprint density at radius 3 is 2.89 bits per heavy atom. The van der Waals surface area contributed by atoms with Crippen LogP contribution in [0.4, 0.5) is 5.69 Å². The molecule has 0 aromatic carbocycles. The molecule has 0 saturated heterocycles. The molecule has 1 aromatic rings. The number of nitrogen functional groups attached to an aromatic ring is 1. The van der Waals surface area contributed by atoms with Crippen molar-refractivity contribution >= 4 is 17.4 Å². The number of anilines is 1. The molecule has 100 valence electrons. The van der Waals surface area contributed by atoms with Crippen molar-refractivity contribution < 1.29 is 0 Å². The monoisotopic (exact) mass is 265 g/mol. The van der Waals surface area contributed by atoms with E-state index < -0.39 is 0 Å². The largest absolute Gasteiger partial charge is 0.398 e. The van der Waals surface area contributed by atoms with Crippen molar-refractivity contribution in [3.05, 3.63) is 24.0 Å². The lowest BCUT2D eigenvalue weighted by Crippen LogP contribution is -2.22. The lowest BCUT2D eigenvalue weighted by Gasteiger charge is -2.24. The molecule has 18 heavy (non-hydrogen) atoms. The Kier molecular flexibility index (Phi) is 5.32. The van der Waals surface area contributed by atoms with Crippen LogP contribution >= 0.6 is 11.8 Å². The molecule has 1 aromatic heterocycles. The molecule has 0 amide bonds. The summed E-state index contributed by atoms with van der Waals surface area (Å²) in [5.74, 6) is 1.08. The predicted molar refractivity (Wildman–Crippen MR) is 79.8 cm³/mol. The number of aromatic nitrogens is 1. The van der Waals surface area contributed by atoms with Crippen LogP contribution in [0.3, 0.4) is 0 Å². The van der Waals surface area contributed by atoms with Crippen molar-refractivity contribution in [3.8, 4) is 0 Å². The molecular weight excluding hydrogens is 242 g/mol. The highest BCUT2D eigenvalue weighted by atomic mass is 32.2. The minimum atomic E-state index is 0.311. The summed E-state index contributed by atoms with van der Waals surface area (Å²) in [6.45, 7) is 0. The van der Waals surface area contributed by atoms with Gasteiger partial charge in [-0.1, -0.05) is 19.3 Å². The highest BCUT2D eigenvalue weighted by Crippen LogP contribution is 2.31. The number of pyridine rings is 1. The average molecular weight is 265 g/mol. The van der Waals surface area contributed by atoms with Crippen LogP contribution in [0.15, 0.2) is 18.5 Å². The third-order valence-electron chi connectivity index (χ3n) is 3.66. The van der Waals surface area contributed by atoms with Crippen LogP contribution < -0.4 is 11.1 Å². The minimum Gasteiger partial charge on any atom is -0.398 e. The van der Waals surface area contributed by atoms with E-state index in [0.717, 1.165) is 22.3 Å². The van der Waals surface area contributed by atoms with Gasteiger partial charge in [-0.25, -0.2) is 0 Å². The fourth-order valence-electron chi connectivity index (χ4n) is 2.50. The van der Waals surface area contributed by atoms with Crippen LogP contribution in [0.25, 0.3) is 0 Å². The van der Waals surface area contributed by atoms with Gasteiger partial charge in [-0.15, -0.1) is 0 Å². The van der Waals surface area contributed by atoms with E-state index in [1.54, 1.807) is 6.20 Å². The molecule has 1 aliphatic carbocycles. The highest BCUT2D eigenvalue weighted by molar-refractivity contribution is 7.99. The van der Waals surface area contributed by atoms with Gasteiger partial charge in [0.15, 0.2) is 0 Å². The first-order valence-corrected chi connectivity index (χ1v) is 7.84. The molecule has 2 rings (SSSR count). The third-order valence-corrected chi connectivity index (χ3v) is 5.13. The Hall–Kier alpha value is -0.740. The van der Waals surface area contributed by atoms with Crippen molar-refractivity contribution in [3.63, 3.8) is 0 Å². The second-order valence-electron chi connectivity index (χ2n) is 4.94. The first-order chi connectivity index (χ1) is 8.81. The second-order valence-corrected chi connectivity index (χ2v) is 6.27. The average Bonchev–Trinajstić information content (AvgIpc) is 2.42. The lowest BCUT2D eigenvalue weighted by atomic mass is 10.0. The molecule has 1 atom stereocenters. The normalized spacial score (nSPS) is 18.7. The van der Waals surface area contributed by atoms with Crippen LogP contribution in [-0.2, 0) is 0 Å². The first kappa shape index (κ1) is 13.7. The molecular formula is C14H23N3S. The molecule has 1 heterocycles. The van der Waals surface area contributed by atoms with Gasteiger partial charge in [0.1, 0.15) is 0 Å². The summed E-state index contributed by atoms with van der Waals surface area (Å²) >= 11 is 2.09. The van der Waals surface area contributed by atoms with E-state index in [4.69, 9.17) is 5.73 Å². The summed E-state index contributed by atoms with van der Waals surface area (Å²) < 4.78 is 0. The van der Waals surface area contributed by atoms with Gasteiger partial charge in [0.05, 0.1) is 0 Å². The molecule has 1 unspecified atom stereocenters. The number of nitrogens with two attached hydrogens (primary N) is 1. The van der Waals surface area contributed by atoms with E-state index in [0.29, 0.717) is 6.04 Å². The summed E-state index contributed by atoms with van der Waals surface area (Å²) in [7, 11) is 2.00. The molecule has 0 spiro atoms.